The van der Waals surface area contributed by atoms with Crippen molar-refractivity contribution in [1.82, 2.24) is 14.9 Å². The fourth-order valence-electron chi connectivity index (χ4n) is 3.62. The molecule has 0 spiro atoms. The van der Waals surface area contributed by atoms with Crippen molar-refractivity contribution in [3.63, 3.8) is 0 Å². The topological polar surface area (TPSA) is 81.6 Å². The van der Waals surface area contributed by atoms with E-state index < -0.39 is 11.9 Å². The first-order valence-corrected chi connectivity index (χ1v) is 10.5. The summed E-state index contributed by atoms with van der Waals surface area (Å²) in [5, 5.41) is 0.599. The Morgan fingerprint density at radius 1 is 1.03 bits per heavy atom. The van der Waals surface area contributed by atoms with E-state index in [4.69, 9.17) is 9.47 Å². The van der Waals surface area contributed by atoms with E-state index >= 15 is 0 Å². The molecule has 1 saturated heterocycles. The van der Waals surface area contributed by atoms with Crippen LogP contribution < -0.4 is 4.74 Å². The van der Waals surface area contributed by atoms with Crippen LogP contribution in [0.5, 0.6) is 5.75 Å². The van der Waals surface area contributed by atoms with Gasteiger partial charge in [0.25, 0.3) is 0 Å². The van der Waals surface area contributed by atoms with Crippen molar-refractivity contribution in [2.45, 2.75) is 19.3 Å². The van der Waals surface area contributed by atoms with Gasteiger partial charge in [-0.15, -0.1) is 0 Å². The second-order valence-electron chi connectivity index (χ2n) is 7.42. The number of aromatic nitrogens is 2. The highest BCUT2D eigenvalue weighted by Crippen LogP contribution is 2.30. The van der Waals surface area contributed by atoms with Gasteiger partial charge in [0.15, 0.2) is 11.4 Å². The van der Waals surface area contributed by atoms with Gasteiger partial charge in [-0.3, -0.25) is 9.88 Å². The number of esters is 2. The summed E-state index contributed by atoms with van der Waals surface area (Å²) in [6.45, 7) is 2.69. The van der Waals surface area contributed by atoms with Crippen LogP contribution in [-0.4, -0.2) is 53.6 Å². The van der Waals surface area contributed by atoms with Crippen LogP contribution in [0.1, 0.15) is 45.8 Å². The largest absolute Gasteiger partial charge is 0.464 e. The molecule has 7 heteroatoms. The summed E-state index contributed by atoms with van der Waals surface area (Å²) >= 11 is 0. The van der Waals surface area contributed by atoms with Gasteiger partial charge in [0, 0.05) is 11.6 Å². The van der Waals surface area contributed by atoms with Crippen LogP contribution in [-0.2, 0) is 4.74 Å². The number of nitrogens with zero attached hydrogens (tertiary/aromatic N) is 3. The molecule has 32 heavy (non-hydrogen) atoms. The van der Waals surface area contributed by atoms with Crippen LogP contribution in [0.2, 0.25) is 0 Å². The van der Waals surface area contributed by atoms with Crippen molar-refractivity contribution in [2.75, 3.05) is 26.7 Å². The highest BCUT2D eigenvalue weighted by Gasteiger charge is 2.24. The molecule has 1 fully saturated rings. The number of likely N-dealkylation sites (tertiary alicyclic amines) is 1. The summed E-state index contributed by atoms with van der Waals surface area (Å²) in [6.07, 6.45) is 5.18. The molecule has 1 aliphatic heterocycles. The van der Waals surface area contributed by atoms with E-state index in [0.717, 1.165) is 13.1 Å². The molecule has 4 rings (SSSR count). The number of hydrogen-bond acceptors (Lipinski definition) is 7. The molecule has 162 valence electrons. The Morgan fingerprint density at radius 3 is 2.56 bits per heavy atom. The molecule has 0 unspecified atom stereocenters. The van der Waals surface area contributed by atoms with Crippen molar-refractivity contribution in [2.24, 2.45) is 0 Å². The third kappa shape index (κ3) is 4.76. The van der Waals surface area contributed by atoms with Crippen molar-refractivity contribution in [3.8, 4) is 17.6 Å². The van der Waals surface area contributed by atoms with E-state index in [-0.39, 0.29) is 11.4 Å². The van der Waals surface area contributed by atoms with E-state index in [1.165, 1.54) is 26.4 Å². The smallest absolute Gasteiger partial charge is 0.360 e. The molecule has 1 aliphatic rings. The van der Waals surface area contributed by atoms with Gasteiger partial charge >= 0.3 is 11.9 Å². The summed E-state index contributed by atoms with van der Waals surface area (Å²) in [5.41, 5.74) is 0.933. The van der Waals surface area contributed by atoms with Crippen LogP contribution >= 0.6 is 0 Å². The van der Waals surface area contributed by atoms with Gasteiger partial charge in [-0.1, -0.05) is 30.5 Å². The Hall–Kier alpha value is -3.76. The third-order valence-corrected chi connectivity index (χ3v) is 5.26. The predicted octanol–water partition coefficient (Wildman–Crippen LogP) is 3.47. The van der Waals surface area contributed by atoms with Crippen LogP contribution in [0.3, 0.4) is 0 Å². The van der Waals surface area contributed by atoms with Crippen LogP contribution in [0.4, 0.5) is 0 Å². The van der Waals surface area contributed by atoms with Gasteiger partial charge in [0.05, 0.1) is 19.2 Å². The lowest BCUT2D eigenvalue weighted by Gasteiger charge is -2.23. The SMILES string of the molecule is COC(=O)c1nc(C#CCN2CCCCC2)c2cccnc2c1OC(=O)c1ccccc1. The summed E-state index contributed by atoms with van der Waals surface area (Å²) in [6, 6.07) is 12.1. The van der Waals surface area contributed by atoms with Gasteiger partial charge in [-0.05, 0) is 56.1 Å². The molecule has 0 atom stereocenters. The number of benzene rings is 1. The van der Waals surface area contributed by atoms with Gasteiger partial charge in [0.2, 0.25) is 0 Å². The Labute approximate surface area is 186 Å². The van der Waals surface area contributed by atoms with E-state index in [2.05, 4.69) is 26.7 Å². The lowest BCUT2D eigenvalue weighted by atomic mass is 10.1. The highest BCUT2D eigenvalue weighted by molar-refractivity contribution is 6.02. The fraction of sp³-hybridized carbons (Fsp3) is 0.280. The zero-order chi connectivity index (χ0) is 22.3. The number of piperidine rings is 1. The van der Waals surface area contributed by atoms with Crippen LogP contribution in [0.25, 0.3) is 10.9 Å². The molecular weight excluding hydrogens is 406 g/mol. The molecule has 3 heterocycles. The van der Waals surface area contributed by atoms with Crippen molar-refractivity contribution in [3.05, 3.63) is 65.6 Å². The summed E-state index contributed by atoms with van der Waals surface area (Å²) < 4.78 is 10.5. The first kappa shape index (κ1) is 21.5. The predicted molar refractivity (Wildman–Crippen MR) is 119 cm³/mol. The fourth-order valence-corrected chi connectivity index (χ4v) is 3.62. The molecule has 0 aliphatic carbocycles. The first-order valence-electron chi connectivity index (χ1n) is 10.5. The standard InChI is InChI=1S/C25H23N3O4/c1-31-25(30)22-23(32-24(29)18-10-4-2-5-11-18)21-19(12-8-14-26-21)20(27-22)13-9-17-28-15-6-3-7-16-28/h2,4-5,8,10-12,14H,3,6-7,15-17H2,1H3. The number of carbonyl (C=O) groups is 2. The van der Waals surface area contributed by atoms with E-state index in [0.29, 0.717) is 28.7 Å². The molecular formula is C25H23N3O4. The number of rotatable bonds is 4. The Balaban J connectivity index is 1.74. The van der Waals surface area contributed by atoms with E-state index in [1.54, 1.807) is 48.7 Å². The summed E-state index contributed by atoms with van der Waals surface area (Å²) in [5.74, 6) is 4.85. The Bertz CT molecular complexity index is 1190. The average Bonchev–Trinajstić information content (AvgIpc) is 2.85. The highest BCUT2D eigenvalue weighted by atomic mass is 16.5. The molecule has 0 radical (unpaired) electrons. The Kier molecular flexibility index (Phi) is 6.73. The Morgan fingerprint density at radius 2 is 1.81 bits per heavy atom. The zero-order valence-electron chi connectivity index (χ0n) is 17.8. The van der Waals surface area contributed by atoms with Crippen molar-refractivity contribution < 1.29 is 19.1 Å². The summed E-state index contributed by atoms with van der Waals surface area (Å²) in [4.78, 5) is 36.3. The summed E-state index contributed by atoms with van der Waals surface area (Å²) in [7, 11) is 1.25. The van der Waals surface area contributed by atoms with Crippen LogP contribution in [0.15, 0.2) is 48.7 Å². The quantitative estimate of drug-likeness (QED) is 0.464. The number of ether oxygens (including phenoxy) is 2. The minimum Gasteiger partial charge on any atom is -0.464 e. The van der Waals surface area contributed by atoms with Gasteiger partial charge < -0.3 is 9.47 Å². The third-order valence-electron chi connectivity index (χ3n) is 5.26. The average molecular weight is 429 g/mol. The first-order chi connectivity index (χ1) is 15.7. The molecule has 0 saturated carbocycles. The second kappa shape index (κ2) is 10.0. The maximum Gasteiger partial charge on any atom is 0.360 e. The maximum atomic E-state index is 12.7. The van der Waals surface area contributed by atoms with Crippen molar-refractivity contribution in [1.29, 1.82) is 0 Å². The molecule has 3 aromatic rings. The lowest BCUT2D eigenvalue weighted by molar-refractivity contribution is 0.0586. The lowest BCUT2D eigenvalue weighted by Crippen LogP contribution is -2.29. The molecule has 1 aromatic carbocycles. The monoisotopic (exact) mass is 429 g/mol. The van der Waals surface area contributed by atoms with E-state index in [1.807, 2.05) is 0 Å². The zero-order valence-corrected chi connectivity index (χ0v) is 17.8. The number of fused-ring (bicyclic) bond motifs is 1. The normalized spacial score (nSPS) is 13.8. The second-order valence-corrected chi connectivity index (χ2v) is 7.42. The van der Waals surface area contributed by atoms with E-state index in [9.17, 15) is 9.59 Å². The minimum atomic E-state index is -0.729. The number of methoxy groups -OCH3 is 1. The molecule has 0 N–H and O–H groups in total. The molecule has 7 nitrogen and oxygen atoms in total. The van der Waals surface area contributed by atoms with Gasteiger partial charge in [0.1, 0.15) is 11.2 Å². The van der Waals surface area contributed by atoms with Crippen LogP contribution in [0, 0.1) is 11.8 Å². The maximum absolute atomic E-state index is 12.7. The van der Waals surface area contributed by atoms with Gasteiger partial charge in [-0.2, -0.15) is 0 Å². The minimum absolute atomic E-state index is 0.0390. The number of carbonyl (C=O) groups excluding carboxylic acids is 2. The molecule has 0 bridgehead atoms. The number of pyridine rings is 2. The van der Waals surface area contributed by atoms with Crippen molar-refractivity contribution >= 4 is 22.8 Å². The molecule has 0 amide bonds. The molecule has 2 aromatic heterocycles. The number of hydrogen-bond donors (Lipinski definition) is 0. The van der Waals surface area contributed by atoms with Gasteiger partial charge in [-0.25, -0.2) is 14.6 Å².